The molecule has 13 heteroatoms. The maximum Gasteiger partial charge on any atom is 0.419 e. The summed E-state index contributed by atoms with van der Waals surface area (Å²) in [6.07, 6.45) is -2.37. The van der Waals surface area contributed by atoms with Crippen LogP contribution >= 0.6 is 11.8 Å². The van der Waals surface area contributed by atoms with Crippen molar-refractivity contribution in [2.24, 2.45) is 5.73 Å². The summed E-state index contributed by atoms with van der Waals surface area (Å²) in [4.78, 5) is 18.2. The number of halogens is 5. The van der Waals surface area contributed by atoms with Crippen LogP contribution in [0.1, 0.15) is 6.42 Å². The van der Waals surface area contributed by atoms with Crippen molar-refractivity contribution in [1.82, 2.24) is 4.98 Å². The molecule has 0 bridgehead atoms. The van der Waals surface area contributed by atoms with Crippen molar-refractivity contribution >= 4 is 29.0 Å². The average Bonchev–Trinajstić information content (AvgIpc) is 3.24. The van der Waals surface area contributed by atoms with Crippen LogP contribution in [0.5, 0.6) is 5.75 Å². The Hall–Kier alpha value is -2.64. The molecule has 1 aromatic carbocycles. The topological polar surface area (TPSA) is 89.7 Å². The fraction of sp³-hybridized carbons (Fsp3) is 0.429. The molecule has 7 nitrogen and oxygen atoms in total. The van der Waals surface area contributed by atoms with Crippen molar-refractivity contribution in [2.75, 3.05) is 44.3 Å². The zero-order chi connectivity index (χ0) is 25.7. The van der Waals surface area contributed by atoms with Crippen LogP contribution in [0.15, 0.2) is 35.5 Å². The van der Waals surface area contributed by atoms with Gasteiger partial charge in [-0.2, -0.15) is 17.6 Å². The molecule has 3 rings (SSSR count). The lowest BCUT2D eigenvalue weighted by Gasteiger charge is -2.31. The number of benzene rings is 1. The van der Waals surface area contributed by atoms with Gasteiger partial charge in [0.05, 0.1) is 24.4 Å². The van der Waals surface area contributed by atoms with Crippen LogP contribution in [0.2, 0.25) is 0 Å². The van der Waals surface area contributed by atoms with Crippen LogP contribution in [-0.4, -0.2) is 62.8 Å². The number of hydrogen-bond donors (Lipinski definition) is 2. The fourth-order valence-electron chi connectivity index (χ4n) is 3.60. The molecule has 2 aromatic rings. The Morgan fingerprint density at radius 3 is 2.50 bits per heavy atom. The number of nitrogens with zero attached hydrogens (tertiary/aromatic N) is 2. The predicted octanol–water partition coefficient (Wildman–Crippen LogP) is 3.83. The van der Waals surface area contributed by atoms with Crippen molar-refractivity contribution in [1.29, 1.82) is 0 Å². The number of alkyl halides is 3. The Kier molecular flexibility index (Phi) is 9.08. The van der Waals surface area contributed by atoms with E-state index in [4.69, 9.17) is 9.47 Å². The third-order valence-corrected chi connectivity index (χ3v) is 5.93. The van der Waals surface area contributed by atoms with E-state index in [9.17, 15) is 26.7 Å². The molecule has 188 valence electrons. The van der Waals surface area contributed by atoms with Gasteiger partial charge >= 0.3 is 6.18 Å². The first kappa shape index (κ1) is 27.6. The van der Waals surface area contributed by atoms with E-state index < -0.39 is 54.1 Å². The molecule has 3 N–H and O–H groups in total. The van der Waals surface area contributed by atoms with Gasteiger partial charge in [0.1, 0.15) is 6.04 Å². The number of ether oxygens (including phenoxy) is 2. The molecular weight excluding hydrogens is 483 g/mol. The zero-order valence-electron chi connectivity index (χ0n) is 18.9. The molecule has 34 heavy (non-hydrogen) atoms. The summed E-state index contributed by atoms with van der Waals surface area (Å²) >= 11 is 1.32. The second-order valence-corrected chi connectivity index (χ2v) is 7.86. The molecule has 0 spiro atoms. The van der Waals surface area contributed by atoms with Crippen molar-refractivity contribution < 1.29 is 36.2 Å². The monoisotopic (exact) mass is 508 g/mol. The highest BCUT2D eigenvalue weighted by Crippen LogP contribution is 2.47. The summed E-state index contributed by atoms with van der Waals surface area (Å²) in [6.45, 7) is -0.821. The minimum atomic E-state index is -4.83. The maximum absolute atomic E-state index is 14.3. The van der Waals surface area contributed by atoms with Gasteiger partial charge in [-0.15, -0.1) is 11.8 Å². The summed E-state index contributed by atoms with van der Waals surface area (Å²) in [6, 6.07) is 3.46. The lowest BCUT2D eigenvalue weighted by molar-refractivity contribution is -0.261. The molecule has 2 heterocycles. The van der Waals surface area contributed by atoms with Crippen molar-refractivity contribution in [3.05, 3.63) is 42.1 Å². The van der Waals surface area contributed by atoms with Crippen LogP contribution in [0.25, 0.3) is 0 Å². The number of nitrogens with two attached hydrogens (primary N) is 1. The molecule has 1 aliphatic heterocycles. The number of nitrogens with one attached hydrogen (secondary N) is 1. The van der Waals surface area contributed by atoms with Crippen LogP contribution in [0.4, 0.5) is 33.3 Å². The number of carbonyl (C=O) groups excluding carboxylic acids is 1. The summed E-state index contributed by atoms with van der Waals surface area (Å²) < 4.78 is 79.5. The quantitative estimate of drug-likeness (QED) is 0.453. The number of amides is 1. The van der Waals surface area contributed by atoms with Crippen molar-refractivity contribution in [3.63, 3.8) is 0 Å². The predicted molar refractivity (Wildman–Crippen MR) is 119 cm³/mol. The first-order chi connectivity index (χ1) is 16.1. The number of hydrogen-bond acceptors (Lipinski definition) is 7. The number of anilines is 2. The Labute approximate surface area is 197 Å². The van der Waals surface area contributed by atoms with Gasteiger partial charge in [-0.05, 0) is 37.6 Å². The standard InChI is InChI=1S/C20H20F5N3O3S.CH5N/c1-30-17-13(5-4-12(21)16(17)22)28-10-19(31-2,20(23,24)25)9-14(28)18(29)27-11-6-7-26-15(8-11)32-3;1-2/h4-8,14H,9-10H2,1-3H3,(H,26,27,29);2H2,1H3. The first-order valence-electron chi connectivity index (χ1n) is 9.86. The molecule has 2 unspecified atom stereocenters. The molecule has 1 aliphatic rings. The number of carbonyl (C=O) groups is 1. The largest absolute Gasteiger partial charge is 0.491 e. The first-order valence-corrected chi connectivity index (χ1v) is 11.1. The van der Waals surface area contributed by atoms with Crippen molar-refractivity contribution in [2.45, 2.75) is 29.3 Å². The van der Waals surface area contributed by atoms with E-state index in [1.807, 2.05) is 0 Å². The van der Waals surface area contributed by atoms with E-state index in [1.165, 1.54) is 31.1 Å². The number of thioether (sulfide) groups is 1. The van der Waals surface area contributed by atoms with Gasteiger partial charge in [0.2, 0.25) is 11.7 Å². The van der Waals surface area contributed by atoms with E-state index in [0.717, 1.165) is 31.3 Å². The fourth-order valence-corrected chi connectivity index (χ4v) is 4.01. The van der Waals surface area contributed by atoms with Crippen LogP contribution in [-0.2, 0) is 9.53 Å². The summed E-state index contributed by atoms with van der Waals surface area (Å²) in [5.74, 6) is -3.99. The molecule has 1 amide bonds. The zero-order valence-corrected chi connectivity index (χ0v) is 19.7. The summed E-state index contributed by atoms with van der Waals surface area (Å²) in [7, 11) is 3.45. The smallest absolute Gasteiger partial charge is 0.419 e. The molecule has 2 atom stereocenters. The van der Waals surface area contributed by atoms with Gasteiger partial charge in [0.15, 0.2) is 17.2 Å². The van der Waals surface area contributed by atoms with E-state index >= 15 is 0 Å². The minimum Gasteiger partial charge on any atom is -0.491 e. The average molecular weight is 509 g/mol. The van der Waals surface area contributed by atoms with E-state index in [2.05, 4.69) is 16.0 Å². The third kappa shape index (κ3) is 5.36. The minimum absolute atomic E-state index is 0.200. The number of pyridine rings is 1. The van der Waals surface area contributed by atoms with Crippen LogP contribution in [0, 0.1) is 11.6 Å². The van der Waals surface area contributed by atoms with Crippen LogP contribution < -0.4 is 20.7 Å². The van der Waals surface area contributed by atoms with Crippen LogP contribution in [0.3, 0.4) is 0 Å². The highest BCUT2D eigenvalue weighted by atomic mass is 32.2. The number of aromatic nitrogens is 1. The molecule has 0 saturated carbocycles. The second-order valence-electron chi connectivity index (χ2n) is 7.03. The highest BCUT2D eigenvalue weighted by molar-refractivity contribution is 7.98. The van der Waals surface area contributed by atoms with E-state index in [0.29, 0.717) is 10.7 Å². The lowest BCUT2D eigenvalue weighted by atomic mass is 9.99. The Balaban J connectivity index is 0.00000199. The van der Waals surface area contributed by atoms with Gasteiger partial charge in [-0.25, -0.2) is 9.37 Å². The summed E-state index contributed by atoms with van der Waals surface area (Å²) in [5, 5.41) is 3.16. The molecule has 0 aliphatic carbocycles. The molecule has 1 aromatic heterocycles. The van der Waals surface area contributed by atoms with E-state index in [-0.39, 0.29) is 5.69 Å². The molecule has 1 saturated heterocycles. The molecular formula is C21H25F5N4O3S. The highest BCUT2D eigenvalue weighted by Gasteiger charge is 2.63. The van der Waals surface area contributed by atoms with Gasteiger partial charge in [-0.3, -0.25) is 4.79 Å². The molecule has 1 fully saturated rings. The normalized spacial score (nSPS) is 19.9. The summed E-state index contributed by atoms with van der Waals surface area (Å²) in [5.41, 5.74) is 1.93. The third-order valence-electron chi connectivity index (χ3n) is 5.29. The van der Waals surface area contributed by atoms with Gasteiger partial charge in [-0.1, -0.05) is 0 Å². The second kappa shape index (κ2) is 11.2. The Bertz CT molecular complexity index is 1010. The van der Waals surface area contributed by atoms with E-state index in [1.54, 1.807) is 12.3 Å². The number of rotatable bonds is 6. The lowest BCUT2D eigenvalue weighted by Crippen LogP contribution is -2.49. The number of methoxy groups -OCH3 is 2. The van der Waals surface area contributed by atoms with Gasteiger partial charge in [0.25, 0.3) is 0 Å². The SMILES string of the molecule is CN.COc1c(N2CC(OC)(C(F)(F)F)CC2C(=O)Nc2ccnc(SC)c2)ccc(F)c1F. The maximum atomic E-state index is 14.3. The van der Waals surface area contributed by atoms with Gasteiger partial charge in [0, 0.05) is 25.4 Å². The van der Waals surface area contributed by atoms with Gasteiger partial charge < -0.3 is 25.4 Å². The Morgan fingerprint density at radius 2 is 1.94 bits per heavy atom. The van der Waals surface area contributed by atoms with Crippen molar-refractivity contribution in [3.8, 4) is 5.75 Å². The Morgan fingerprint density at radius 1 is 1.26 bits per heavy atom. The molecule has 0 radical (unpaired) electrons.